The molecule has 1 atom stereocenters. The van der Waals surface area contributed by atoms with Gasteiger partial charge in [-0.3, -0.25) is 0 Å². The molecule has 7 nitrogen and oxygen atoms in total. The van der Waals surface area contributed by atoms with Gasteiger partial charge in [0.1, 0.15) is 5.82 Å². The van der Waals surface area contributed by atoms with Gasteiger partial charge in [0, 0.05) is 12.4 Å². The first-order chi connectivity index (χ1) is 9.22. The number of aromatic nitrogens is 5. The summed E-state index contributed by atoms with van der Waals surface area (Å²) < 4.78 is 5.22. The lowest BCUT2D eigenvalue weighted by molar-refractivity contribution is 0.312. The molecule has 0 aliphatic heterocycles. The van der Waals surface area contributed by atoms with E-state index in [1.54, 1.807) is 12.4 Å². The van der Waals surface area contributed by atoms with E-state index < -0.39 is 0 Å². The van der Waals surface area contributed by atoms with E-state index in [1.165, 1.54) is 0 Å². The lowest BCUT2D eigenvalue weighted by atomic mass is 10.2. The number of nitrogens with one attached hydrogen (secondary N) is 2. The molecule has 0 spiro atoms. The topological polar surface area (TPSA) is 88.6 Å². The zero-order valence-electron chi connectivity index (χ0n) is 10.7. The first kappa shape index (κ1) is 13.5. The number of ether oxygens (including phenoxy) is 1. The van der Waals surface area contributed by atoms with Crippen LogP contribution in [0, 0.1) is 0 Å². The number of rotatable bonds is 6. The fraction of sp³-hybridized carbons (Fsp3) is 0.455. The van der Waals surface area contributed by atoms with Gasteiger partial charge in [-0.15, -0.1) is 0 Å². The predicted molar refractivity (Wildman–Crippen MR) is 71.2 cm³/mol. The maximum Gasteiger partial charge on any atom is 0.322 e. The van der Waals surface area contributed by atoms with Crippen LogP contribution in [0.3, 0.4) is 0 Å². The van der Waals surface area contributed by atoms with Crippen LogP contribution in [0.15, 0.2) is 12.4 Å². The quantitative estimate of drug-likeness (QED) is 0.844. The van der Waals surface area contributed by atoms with Crippen molar-refractivity contribution in [1.29, 1.82) is 0 Å². The van der Waals surface area contributed by atoms with Crippen molar-refractivity contribution in [3.63, 3.8) is 0 Å². The Labute approximate surface area is 115 Å². The van der Waals surface area contributed by atoms with E-state index >= 15 is 0 Å². The van der Waals surface area contributed by atoms with Crippen molar-refractivity contribution in [3.8, 4) is 6.01 Å². The molecule has 0 amide bonds. The molecule has 0 saturated heterocycles. The molecule has 0 saturated carbocycles. The molecule has 0 bridgehead atoms. The summed E-state index contributed by atoms with van der Waals surface area (Å²) in [5.41, 5.74) is 0. The minimum Gasteiger partial charge on any atom is -0.464 e. The van der Waals surface area contributed by atoms with Crippen LogP contribution in [0.25, 0.3) is 0 Å². The Bertz CT molecular complexity index is 518. The maximum absolute atomic E-state index is 5.83. The van der Waals surface area contributed by atoms with Crippen LogP contribution in [0.2, 0.25) is 5.28 Å². The van der Waals surface area contributed by atoms with E-state index in [4.69, 9.17) is 16.3 Å². The van der Waals surface area contributed by atoms with Crippen LogP contribution in [0.1, 0.15) is 32.1 Å². The van der Waals surface area contributed by atoms with Crippen LogP contribution in [0.4, 0.5) is 5.95 Å². The van der Waals surface area contributed by atoms with E-state index in [1.807, 2.05) is 13.8 Å². The van der Waals surface area contributed by atoms with Gasteiger partial charge in [0.15, 0.2) is 0 Å². The Morgan fingerprint density at radius 2 is 2.21 bits per heavy atom. The Morgan fingerprint density at radius 1 is 1.37 bits per heavy atom. The number of hydrogen-bond donors (Lipinski definition) is 2. The van der Waals surface area contributed by atoms with Crippen molar-refractivity contribution in [2.45, 2.75) is 26.3 Å². The molecular formula is C11H15ClN6O. The second kappa shape index (κ2) is 6.33. The van der Waals surface area contributed by atoms with Crippen molar-refractivity contribution in [3.05, 3.63) is 23.5 Å². The third kappa shape index (κ3) is 3.54. The van der Waals surface area contributed by atoms with Crippen LogP contribution in [0.5, 0.6) is 6.01 Å². The molecule has 2 aromatic rings. The third-order valence-corrected chi connectivity index (χ3v) is 2.59. The van der Waals surface area contributed by atoms with Gasteiger partial charge in [-0.1, -0.05) is 6.92 Å². The molecule has 2 rings (SSSR count). The Morgan fingerprint density at radius 3 is 2.84 bits per heavy atom. The second-order valence-electron chi connectivity index (χ2n) is 3.72. The molecule has 1 unspecified atom stereocenters. The Kier molecular flexibility index (Phi) is 4.51. The number of nitrogens with zero attached hydrogens (tertiary/aromatic N) is 4. The predicted octanol–water partition coefficient (Wildman–Crippen LogP) is 2.21. The summed E-state index contributed by atoms with van der Waals surface area (Å²) in [6.07, 6.45) is 4.29. The highest BCUT2D eigenvalue weighted by atomic mass is 35.5. The molecule has 19 heavy (non-hydrogen) atoms. The number of anilines is 1. The monoisotopic (exact) mass is 282 g/mol. The summed E-state index contributed by atoms with van der Waals surface area (Å²) in [6, 6.07) is 0.183. The van der Waals surface area contributed by atoms with Crippen molar-refractivity contribution in [2.24, 2.45) is 0 Å². The fourth-order valence-electron chi connectivity index (χ4n) is 1.58. The first-order valence-electron chi connectivity index (χ1n) is 6.03. The fourth-order valence-corrected chi connectivity index (χ4v) is 1.73. The van der Waals surface area contributed by atoms with Crippen LogP contribution in [-0.2, 0) is 0 Å². The van der Waals surface area contributed by atoms with Gasteiger partial charge in [-0.2, -0.15) is 15.0 Å². The smallest absolute Gasteiger partial charge is 0.322 e. The van der Waals surface area contributed by atoms with Crippen LogP contribution >= 0.6 is 11.6 Å². The lowest BCUT2D eigenvalue weighted by Gasteiger charge is -2.14. The van der Waals surface area contributed by atoms with Gasteiger partial charge in [-0.25, -0.2) is 4.98 Å². The van der Waals surface area contributed by atoms with Gasteiger partial charge < -0.3 is 15.0 Å². The maximum atomic E-state index is 5.83. The van der Waals surface area contributed by atoms with Crippen molar-refractivity contribution >= 4 is 17.5 Å². The molecule has 0 aromatic carbocycles. The van der Waals surface area contributed by atoms with Gasteiger partial charge in [-0.05, 0) is 24.9 Å². The van der Waals surface area contributed by atoms with E-state index in [2.05, 4.69) is 30.2 Å². The molecule has 0 aliphatic rings. The number of hydrogen-bond acceptors (Lipinski definition) is 6. The summed E-state index contributed by atoms with van der Waals surface area (Å²) in [5.74, 6) is 1.18. The summed E-state index contributed by atoms with van der Waals surface area (Å²) in [5, 5.41) is 3.24. The van der Waals surface area contributed by atoms with E-state index in [0.717, 1.165) is 12.2 Å². The highest BCUT2D eigenvalue weighted by Crippen LogP contribution is 2.19. The average molecular weight is 283 g/mol. The molecule has 0 aliphatic carbocycles. The largest absolute Gasteiger partial charge is 0.464 e. The average Bonchev–Trinajstić information content (AvgIpc) is 2.89. The molecule has 2 heterocycles. The summed E-state index contributed by atoms with van der Waals surface area (Å²) in [4.78, 5) is 19.3. The molecule has 0 radical (unpaired) electrons. The Balaban J connectivity index is 2.17. The molecule has 0 fully saturated rings. The van der Waals surface area contributed by atoms with Crippen LogP contribution in [-0.4, -0.2) is 31.5 Å². The van der Waals surface area contributed by atoms with Crippen molar-refractivity contribution in [1.82, 2.24) is 24.9 Å². The number of H-pyrrole nitrogens is 1. The van der Waals surface area contributed by atoms with Gasteiger partial charge >= 0.3 is 6.01 Å². The summed E-state index contributed by atoms with van der Waals surface area (Å²) in [6.45, 7) is 4.35. The van der Waals surface area contributed by atoms with Gasteiger partial charge in [0.25, 0.3) is 0 Å². The summed E-state index contributed by atoms with van der Waals surface area (Å²) >= 11 is 5.83. The molecule has 2 N–H and O–H groups in total. The van der Waals surface area contributed by atoms with E-state index in [9.17, 15) is 0 Å². The zero-order valence-corrected chi connectivity index (χ0v) is 11.5. The number of halogens is 1. The molecule has 8 heteroatoms. The van der Waals surface area contributed by atoms with Gasteiger partial charge in [0.2, 0.25) is 11.2 Å². The van der Waals surface area contributed by atoms with Crippen molar-refractivity contribution < 1.29 is 4.74 Å². The highest BCUT2D eigenvalue weighted by Gasteiger charge is 2.14. The second-order valence-corrected chi connectivity index (χ2v) is 4.06. The zero-order chi connectivity index (χ0) is 13.7. The SMILES string of the molecule is CCOc1nc(Cl)nc(NC(CC)c2ncc[nH]2)n1. The highest BCUT2D eigenvalue weighted by molar-refractivity contribution is 6.28. The van der Waals surface area contributed by atoms with Crippen molar-refractivity contribution in [2.75, 3.05) is 11.9 Å². The molecule has 102 valence electrons. The Hall–Kier alpha value is -1.89. The normalized spacial score (nSPS) is 12.2. The molecular weight excluding hydrogens is 268 g/mol. The minimum absolute atomic E-state index is 0.0251. The number of imidazole rings is 1. The van der Waals surface area contributed by atoms with Crippen LogP contribution < -0.4 is 10.1 Å². The van der Waals surface area contributed by atoms with Gasteiger partial charge in [0.05, 0.1) is 12.6 Å². The number of aromatic amines is 1. The summed E-state index contributed by atoms with van der Waals surface area (Å²) in [7, 11) is 0. The lowest BCUT2D eigenvalue weighted by Crippen LogP contribution is -2.14. The van der Waals surface area contributed by atoms with E-state index in [-0.39, 0.29) is 17.3 Å². The third-order valence-electron chi connectivity index (χ3n) is 2.42. The molecule has 2 aromatic heterocycles. The standard InChI is InChI=1S/C11H15ClN6O/c1-3-7(8-13-5-6-14-8)15-10-16-9(12)17-11(18-10)19-4-2/h5-7H,3-4H2,1-2H3,(H,13,14)(H,15,16,17,18). The first-order valence-corrected chi connectivity index (χ1v) is 6.41. The van der Waals surface area contributed by atoms with E-state index in [0.29, 0.717) is 12.6 Å². The minimum atomic E-state index is -0.0251.